The number of nitrogens with zero attached hydrogens (tertiary/aromatic N) is 2. The van der Waals surface area contributed by atoms with Crippen LogP contribution < -0.4 is 34.9 Å². The van der Waals surface area contributed by atoms with Crippen LogP contribution in [-0.2, 0) is 10.9 Å². The molecule has 0 saturated carbocycles. The third kappa shape index (κ3) is 8.92. The zero-order chi connectivity index (χ0) is 23.1. The molecule has 5 nitrogen and oxygen atoms in total. The van der Waals surface area contributed by atoms with Gasteiger partial charge < -0.3 is 29.3 Å². The van der Waals surface area contributed by atoms with E-state index in [-0.39, 0.29) is 58.0 Å². The fourth-order valence-electron chi connectivity index (χ4n) is 2.36. The van der Waals surface area contributed by atoms with Crippen LogP contribution in [0.1, 0.15) is 42.2 Å². The zero-order valence-electron chi connectivity index (χ0n) is 18.0. The third-order valence-electron chi connectivity index (χ3n) is 4.26. The van der Waals surface area contributed by atoms with Crippen molar-refractivity contribution >= 4 is 23.0 Å². The number of alkyl halides is 3. The molecule has 166 valence electrons. The monoisotopic (exact) mass is 462 g/mol. The van der Waals surface area contributed by atoms with Crippen LogP contribution in [0.15, 0.2) is 34.6 Å². The first kappa shape index (κ1) is 29.6. The first-order valence-corrected chi connectivity index (χ1v) is 9.91. The first-order valence-electron chi connectivity index (χ1n) is 9.03. The number of allylic oxidation sites excluding steroid dienone is 3. The molecule has 0 unspecified atom stereocenters. The number of thiazole rings is 1. The Morgan fingerprint density at radius 1 is 1.32 bits per heavy atom. The summed E-state index contributed by atoms with van der Waals surface area (Å²) in [6.07, 6.45) is -0.150. The van der Waals surface area contributed by atoms with Crippen LogP contribution in [0.3, 0.4) is 0 Å². The van der Waals surface area contributed by atoms with E-state index in [4.69, 9.17) is 11.3 Å². The topological polar surface area (TPSA) is 73.5 Å². The molecule has 10 heteroatoms. The van der Waals surface area contributed by atoms with Gasteiger partial charge in [-0.15, -0.1) is 17.4 Å². The van der Waals surface area contributed by atoms with E-state index in [2.05, 4.69) is 38.0 Å². The van der Waals surface area contributed by atoms with Crippen LogP contribution in [0.5, 0.6) is 0 Å². The number of carbonyl (C=O) groups is 1. The molecule has 0 bridgehead atoms. The molecule has 0 saturated heterocycles. The minimum atomic E-state index is -4.61. The van der Waals surface area contributed by atoms with Crippen LogP contribution in [0.2, 0.25) is 0 Å². The Bertz CT molecular complexity index is 841. The smallest absolute Gasteiger partial charge is 0.872 e. The molecular formula is C21H24F3N3NaO2S-3. The number of halogens is 3. The van der Waals surface area contributed by atoms with Crippen LogP contribution in [0, 0.1) is 32.3 Å². The van der Waals surface area contributed by atoms with E-state index >= 15 is 0 Å². The summed E-state index contributed by atoms with van der Waals surface area (Å²) in [4.78, 5) is 15.2. The zero-order valence-corrected chi connectivity index (χ0v) is 20.9. The molecule has 1 heterocycles. The number of rotatable bonds is 6. The average molecular weight is 462 g/mol. The van der Waals surface area contributed by atoms with E-state index in [1.807, 2.05) is 0 Å². The van der Waals surface area contributed by atoms with Crippen molar-refractivity contribution < 1.29 is 52.3 Å². The van der Waals surface area contributed by atoms with Gasteiger partial charge in [-0.1, -0.05) is 25.8 Å². The van der Waals surface area contributed by atoms with Gasteiger partial charge in [0.2, 0.25) is 0 Å². The van der Waals surface area contributed by atoms with E-state index in [0.717, 1.165) is 30.1 Å². The summed E-state index contributed by atoms with van der Waals surface area (Å²) in [5.74, 6) is 0.737. The van der Waals surface area contributed by atoms with Gasteiger partial charge in [-0.3, -0.25) is 10.5 Å². The summed E-state index contributed by atoms with van der Waals surface area (Å²) in [5.41, 5.74) is -0.552. The number of methoxy groups -OCH3 is 1. The second kappa shape index (κ2) is 13.2. The van der Waals surface area contributed by atoms with Crippen LogP contribution in [0.4, 0.5) is 13.2 Å². The van der Waals surface area contributed by atoms with E-state index in [9.17, 15) is 23.4 Å². The van der Waals surface area contributed by atoms with Crippen LogP contribution >= 0.6 is 11.3 Å². The molecule has 1 N–H and O–H groups in total. The molecular weight excluding hydrogens is 438 g/mol. The van der Waals surface area contributed by atoms with Crippen molar-refractivity contribution in [2.75, 3.05) is 7.11 Å². The predicted molar refractivity (Wildman–Crippen MR) is 112 cm³/mol. The molecule has 0 spiro atoms. The van der Waals surface area contributed by atoms with Gasteiger partial charge in [-0.2, -0.15) is 26.0 Å². The number of aromatic nitrogens is 1. The number of amides is 1. The molecule has 0 aliphatic heterocycles. The summed E-state index contributed by atoms with van der Waals surface area (Å²) < 4.78 is 42.3. The largest absolute Gasteiger partial charge is 1.00 e. The van der Waals surface area contributed by atoms with Crippen LogP contribution in [-0.4, -0.2) is 23.7 Å². The Labute approximate surface area is 207 Å². The summed E-state index contributed by atoms with van der Waals surface area (Å²) in [7, 11) is 1.30. The normalized spacial score (nSPS) is 13.7. The van der Waals surface area contributed by atoms with E-state index in [1.54, 1.807) is 0 Å². The maximum atomic E-state index is 12.5. The minimum absolute atomic E-state index is 0. The summed E-state index contributed by atoms with van der Waals surface area (Å²) in [6, 6.07) is 0. The summed E-state index contributed by atoms with van der Waals surface area (Å²) in [5, 5.41) is 11.7. The Kier molecular flexibility index (Phi) is 12.6. The van der Waals surface area contributed by atoms with Gasteiger partial charge in [0.15, 0.2) is 5.01 Å². The van der Waals surface area contributed by atoms with Crippen molar-refractivity contribution in [3.63, 3.8) is 0 Å². The fourth-order valence-corrected chi connectivity index (χ4v) is 3.03. The molecule has 2 rings (SSSR count). The molecule has 0 radical (unpaired) electrons. The van der Waals surface area contributed by atoms with E-state index in [0.29, 0.717) is 11.3 Å². The van der Waals surface area contributed by atoms with E-state index < -0.39 is 17.1 Å². The van der Waals surface area contributed by atoms with E-state index in [1.165, 1.54) is 19.3 Å². The number of carbonyl (C=O) groups excluding carboxylic acids is 1. The first-order chi connectivity index (χ1) is 13.9. The Balaban J connectivity index is 0.000000858. The standard InChI is InChI=1S/C13H8F3N3O2S.C8H16.Na/c1-6-3-8(10(21-2)4-7(6)17)18-11(20)9-5-22-12(19-9)13(14,15)16;1-5-8(6-2)7(3)4;/h1,3-5H,2H3,(H,18,20);7-8H,1-2,5-6H2,3-4H3;/q2*-2;+1. The number of ether oxygens (including phenoxy) is 1. The molecule has 0 fully saturated rings. The fraction of sp³-hybridized carbons (Fsp3) is 0.381. The second-order valence-corrected chi connectivity index (χ2v) is 7.54. The maximum Gasteiger partial charge on any atom is 1.00 e. The maximum absolute atomic E-state index is 12.5. The van der Waals surface area contributed by atoms with Crippen molar-refractivity contribution in [2.45, 2.75) is 32.9 Å². The van der Waals surface area contributed by atoms with Crippen molar-refractivity contribution in [3.05, 3.63) is 71.1 Å². The molecule has 1 aliphatic carbocycles. The van der Waals surface area contributed by atoms with Gasteiger partial charge in [0.05, 0.1) is 7.11 Å². The Morgan fingerprint density at radius 3 is 2.29 bits per heavy atom. The third-order valence-corrected chi connectivity index (χ3v) is 5.15. The van der Waals surface area contributed by atoms with Crippen molar-refractivity contribution in [2.24, 2.45) is 11.8 Å². The molecule has 1 aliphatic rings. The Hall–Kier alpha value is -1.42. The number of hydrogen-bond acceptors (Lipinski definition) is 4. The molecule has 1 amide bonds. The summed E-state index contributed by atoms with van der Waals surface area (Å²) in [6.45, 7) is 17.6. The van der Waals surface area contributed by atoms with Crippen molar-refractivity contribution in [3.8, 4) is 0 Å². The van der Waals surface area contributed by atoms with Crippen molar-refractivity contribution in [1.29, 1.82) is 0 Å². The second-order valence-electron chi connectivity index (χ2n) is 6.68. The predicted octanol–water partition coefficient (Wildman–Crippen LogP) is 2.40. The molecule has 31 heavy (non-hydrogen) atoms. The quantitative estimate of drug-likeness (QED) is 0.521. The number of nitrogens with one attached hydrogen (secondary N) is 1. The molecule has 0 atom stereocenters. The van der Waals surface area contributed by atoms with Gasteiger partial charge in [-0.05, 0) is 5.92 Å². The van der Waals surface area contributed by atoms with Gasteiger partial charge in [0.1, 0.15) is 11.5 Å². The van der Waals surface area contributed by atoms with Crippen molar-refractivity contribution in [1.82, 2.24) is 10.3 Å². The Morgan fingerprint density at radius 2 is 1.90 bits per heavy atom. The van der Waals surface area contributed by atoms with Gasteiger partial charge in [0.25, 0.3) is 5.91 Å². The minimum Gasteiger partial charge on any atom is -0.872 e. The molecule has 1 aromatic rings. The summed E-state index contributed by atoms with van der Waals surface area (Å²) >= 11 is 0.318. The SMILES string of the molecule is [CH-]=C1C=C(NC(=O)c2csc(C(F)(F)F)n2)C(OC)=CC1=[N-].[CH2-]CC(C[CH2-])C(C)C.[Na+]. The van der Waals surface area contributed by atoms with Gasteiger partial charge >= 0.3 is 35.7 Å². The molecule has 1 aromatic heterocycles. The van der Waals surface area contributed by atoms with Gasteiger partial charge in [0, 0.05) is 11.1 Å². The molecule has 0 aromatic carbocycles. The van der Waals surface area contributed by atoms with Crippen LogP contribution in [0.25, 0.3) is 5.41 Å². The van der Waals surface area contributed by atoms with Gasteiger partial charge in [-0.25, -0.2) is 17.1 Å². The number of hydrogen-bond donors (Lipinski definition) is 1. The average Bonchev–Trinajstić information content (AvgIpc) is 3.16.